The molecular weight excluding hydrogens is 322 g/mol. The summed E-state index contributed by atoms with van der Waals surface area (Å²) in [5.74, 6) is 1.14. The summed E-state index contributed by atoms with van der Waals surface area (Å²) in [5, 5.41) is 0. The molecule has 0 fully saturated rings. The molecule has 26 heavy (non-hydrogen) atoms. The molecule has 4 nitrogen and oxygen atoms in total. The van der Waals surface area contributed by atoms with E-state index in [0.717, 1.165) is 31.1 Å². The zero-order valence-corrected chi connectivity index (χ0v) is 14.9. The van der Waals surface area contributed by atoms with E-state index in [2.05, 4.69) is 69.5 Å². The van der Waals surface area contributed by atoms with E-state index < -0.39 is 0 Å². The molecule has 0 aliphatic carbocycles. The summed E-state index contributed by atoms with van der Waals surface area (Å²) >= 11 is 0. The summed E-state index contributed by atoms with van der Waals surface area (Å²) in [6, 6.07) is 18.7. The zero-order chi connectivity index (χ0) is 17.8. The number of fused-ring (bicyclic) bond motifs is 1. The van der Waals surface area contributed by atoms with Gasteiger partial charge in [-0.25, -0.2) is 4.98 Å². The number of aromatic nitrogens is 2. The molecule has 1 atom stereocenters. The Kier molecular flexibility index (Phi) is 4.84. The Bertz CT molecular complexity index is 885. The van der Waals surface area contributed by atoms with Crippen molar-refractivity contribution in [2.45, 2.75) is 12.5 Å². The van der Waals surface area contributed by atoms with Crippen molar-refractivity contribution in [3.05, 3.63) is 89.5 Å². The minimum atomic E-state index is 0.255. The Morgan fingerprint density at radius 3 is 2.92 bits per heavy atom. The van der Waals surface area contributed by atoms with Gasteiger partial charge in [0.15, 0.2) is 0 Å². The molecule has 1 aliphatic heterocycles. The maximum Gasteiger partial charge on any atom is 0.119 e. The van der Waals surface area contributed by atoms with E-state index in [1.54, 1.807) is 13.4 Å². The Hall–Kier alpha value is -2.85. The SMILES string of the molecule is COc1cccc(C2CN(C/C=C/c3ccccc3)Cc3[nH]cnc32)c1. The standard InChI is InChI=1S/C22H23N3O/c1-26-19-11-5-10-18(13-19)20-14-25(15-21-22(20)24-16-23-21)12-6-9-17-7-3-2-4-8-17/h2-11,13,16,20H,12,14-15H2,1H3,(H,23,24)/b9-6+. The molecule has 0 spiro atoms. The van der Waals surface area contributed by atoms with Crippen molar-refractivity contribution in [2.75, 3.05) is 20.2 Å². The average molecular weight is 345 g/mol. The van der Waals surface area contributed by atoms with Crippen molar-refractivity contribution in [3.8, 4) is 5.75 Å². The quantitative estimate of drug-likeness (QED) is 0.757. The maximum atomic E-state index is 5.40. The molecule has 2 heterocycles. The summed E-state index contributed by atoms with van der Waals surface area (Å²) < 4.78 is 5.40. The van der Waals surface area contributed by atoms with Gasteiger partial charge in [-0.2, -0.15) is 0 Å². The first-order chi connectivity index (χ1) is 12.8. The van der Waals surface area contributed by atoms with Gasteiger partial charge in [0.1, 0.15) is 5.75 Å². The third-order valence-corrected chi connectivity index (χ3v) is 4.87. The molecule has 0 saturated carbocycles. The number of rotatable bonds is 5. The molecule has 0 amide bonds. The number of nitrogens with one attached hydrogen (secondary N) is 1. The highest BCUT2D eigenvalue weighted by molar-refractivity contribution is 5.49. The summed E-state index contributed by atoms with van der Waals surface area (Å²) in [6.07, 6.45) is 6.23. The first-order valence-corrected chi connectivity index (χ1v) is 8.93. The first kappa shape index (κ1) is 16.6. The second-order valence-electron chi connectivity index (χ2n) is 6.60. The van der Waals surface area contributed by atoms with Crippen LogP contribution in [0, 0.1) is 0 Å². The third-order valence-electron chi connectivity index (χ3n) is 4.87. The Morgan fingerprint density at radius 2 is 2.08 bits per heavy atom. The lowest BCUT2D eigenvalue weighted by atomic mass is 9.91. The van der Waals surface area contributed by atoms with Crippen molar-refractivity contribution < 1.29 is 4.74 Å². The second-order valence-corrected chi connectivity index (χ2v) is 6.60. The summed E-state index contributed by atoms with van der Waals surface area (Å²) in [4.78, 5) is 10.4. The van der Waals surface area contributed by atoms with E-state index >= 15 is 0 Å². The highest BCUT2D eigenvalue weighted by Gasteiger charge is 2.28. The number of ether oxygens (including phenoxy) is 1. The van der Waals surface area contributed by atoms with Gasteiger partial charge in [0, 0.05) is 25.6 Å². The normalized spacial score (nSPS) is 17.3. The average Bonchev–Trinajstić information content (AvgIpc) is 3.17. The van der Waals surface area contributed by atoms with Gasteiger partial charge in [-0.05, 0) is 23.3 Å². The number of hydrogen-bond donors (Lipinski definition) is 1. The molecule has 0 radical (unpaired) electrons. The van der Waals surface area contributed by atoms with Crippen LogP contribution in [0.25, 0.3) is 6.08 Å². The van der Waals surface area contributed by atoms with Crippen LogP contribution in [0.2, 0.25) is 0 Å². The van der Waals surface area contributed by atoms with E-state index in [-0.39, 0.29) is 5.92 Å². The van der Waals surface area contributed by atoms with Crippen molar-refractivity contribution in [1.29, 1.82) is 0 Å². The largest absolute Gasteiger partial charge is 0.497 e. The number of hydrogen-bond acceptors (Lipinski definition) is 3. The molecule has 0 bridgehead atoms. The Balaban J connectivity index is 1.53. The van der Waals surface area contributed by atoms with Crippen molar-refractivity contribution in [2.24, 2.45) is 0 Å². The van der Waals surface area contributed by atoms with Crippen molar-refractivity contribution in [1.82, 2.24) is 14.9 Å². The van der Waals surface area contributed by atoms with Crippen molar-refractivity contribution in [3.63, 3.8) is 0 Å². The topological polar surface area (TPSA) is 41.1 Å². The fourth-order valence-corrected chi connectivity index (χ4v) is 3.55. The van der Waals surface area contributed by atoms with Crippen LogP contribution in [0.1, 0.15) is 28.4 Å². The van der Waals surface area contributed by atoms with Gasteiger partial charge in [0.25, 0.3) is 0 Å². The van der Waals surface area contributed by atoms with Crippen LogP contribution in [-0.2, 0) is 6.54 Å². The number of imidazole rings is 1. The van der Waals surface area contributed by atoms with E-state index in [1.165, 1.54) is 16.8 Å². The first-order valence-electron chi connectivity index (χ1n) is 8.93. The molecule has 3 aromatic rings. The monoisotopic (exact) mass is 345 g/mol. The Morgan fingerprint density at radius 1 is 1.19 bits per heavy atom. The lowest BCUT2D eigenvalue weighted by molar-refractivity contribution is 0.261. The van der Waals surface area contributed by atoms with Crippen LogP contribution in [0.4, 0.5) is 0 Å². The highest BCUT2D eigenvalue weighted by atomic mass is 16.5. The second kappa shape index (κ2) is 7.58. The molecule has 2 aromatic carbocycles. The molecule has 4 rings (SSSR count). The third kappa shape index (κ3) is 3.55. The number of benzene rings is 2. The van der Waals surface area contributed by atoms with Crippen LogP contribution >= 0.6 is 0 Å². The van der Waals surface area contributed by atoms with Gasteiger partial charge >= 0.3 is 0 Å². The van der Waals surface area contributed by atoms with Crippen molar-refractivity contribution >= 4 is 6.08 Å². The minimum Gasteiger partial charge on any atom is -0.497 e. The summed E-state index contributed by atoms with van der Waals surface area (Å²) in [5.41, 5.74) is 4.84. The highest BCUT2D eigenvalue weighted by Crippen LogP contribution is 2.32. The van der Waals surface area contributed by atoms with E-state index in [0.29, 0.717) is 0 Å². The molecule has 1 N–H and O–H groups in total. The van der Waals surface area contributed by atoms with Gasteiger partial charge in [-0.1, -0.05) is 54.6 Å². The lowest BCUT2D eigenvalue weighted by Crippen LogP contribution is -2.34. The number of methoxy groups -OCH3 is 1. The predicted molar refractivity (Wildman–Crippen MR) is 104 cm³/mol. The molecule has 132 valence electrons. The molecule has 1 aliphatic rings. The Labute approximate surface area is 154 Å². The summed E-state index contributed by atoms with van der Waals surface area (Å²) in [7, 11) is 1.71. The fraction of sp³-hybridized carbons (Fsp3) is 0.227. The zero-order valence-electron chi connectivity index (χ0n) is 14.9. The van der Waals surface area contributed by atoms with E-state index in [4.69, 9.17) is 4.74 Å². The van der Waals surface area contributed by atoms with Gasteiger partial charge in [0.05, 0.1) is 24.8 Å². The van der Waals surface area contributed by atoms with Gasteiger partial charge < -0.3 is 9.72 Å². The lowest BCUT2D eigenvalue weighted by Gasteiger charge is -2.31. The van der Waals surface area contributed by atoms with Crippen LogP contribution in [0.3, 0.4) is 0 Å². The van der Waals surface area contributed by atoms with Gasteiger partial charge in [-0.3, -0.25) is 4.90 Å². The summed E-state index contributed by atoms with van der Waals surface area (Å²) in [6.45, 7) is 2.76. The molecule has 1 unspecified atom stereocenters. The van der Waals surface area contributed by atoms with Gasteiger partial charge in [-0.15, -0.1) is 0 Å². The number of nitrogens with zero attached hydrogens (tertiary/aromatic N) is 2. The van der Waals surface area contributed by atoms with E-state index in [9.17, 15) is 0 Å². The molecule has 4 heteroatoms. The minimum absolute atomic E-state index is 0.255. The molecular formula is C22H23N3O. The number of aromatic amines is 1. The smallest absolute Gasteiger partial charge is 0.119 e. The van der Waals surface area contributed by atoms with Crippen LogP contribution in [-0.4, -0.2) is 35.1 Å². The maximum absolute atomic E-state index is 5.40. The molecule has 0 saturated heterocycles. The fourth-order valence-electron chi connectivity index (χ4n) is 3.55. The van der Waals surface area contributed by atoms with Crippen LogP contribution < -0.4 is 4.74 Å². The molecule has 1 aromatic heterocycles. The van der Waals surface area contributed by atoms with Crippen LogP contribution in [0.5, 0.6) is 5.75 Å². The van der Waals surface area contributed by atoms with Crippen LogP contribution in [0.15, 0.2) is 67.0 Å². The van der Waals surface area contributed by atoms with Gasteiger partial charge in [0.2, 0.25) is 0 Å². The number of H-pyrrole nitrogens is 1. The predicted octanol–water partition coefficient (Wildman–Crippen LogP) is 4.08. The van der Waals surface area contributed by atoms with E-state index in [1.807, 2.05) is 12.1 Å².